The van der Waals surface area contributed by atoms with Gasteiger partial charge in [0, 0.05) is 18.1 Å². The largest absolute Gasteiger partial charge is 0.489 e. The summed E-state index contributed by atoms with van der Waals surface area (Å²) in [6, 6.07) is 5.61. The van der Waals surface area contributed by atoms with Crippen LogP contribution in [-0.4, -0.2) is 18.4 Å². The van der Waals surface area contributed by atoms with Crippen molar-refractivity contribution in [2.75, 3.05) is 6.61 Å². The Morgan fingerprint density at radius 2 is 2.10 bits per heavy atom. The zero-order valence-electron chi connectivity index (χ0n) is 11.5. The SMILES string of the molecule is CC1(C)Cc2cccc(OCC/C=C\C(F)(F)F)c2O1. The molecule has 20 heavy (non-hydrogen) atoms. The van der Waals surface area contributed by atoms with Crippen LogP contribution in [0.15, 0.2) is 30.4 Å². The molecule has 0 N–H and O–H groups in total. The van der Waals surface area contributed by atoms with Gasteiger partial charge in [-0.2, -0.15) is 13.2 Å². The fourth-order valence-electron chi connectivity index (χ4n) is 2.15. The van der Waals surface area contributed by atoms with E-state index >= 15 is 0 Å². The van der Waals surface area contributed by atoms with Gasteiger partial charge >= 0.3 is 6.18 Å². The van der Waals surface area contributed by atoms with Gasteiger partial charge in [0.05, 0.1) is 6.61 Å². The van der Waals surface area contributed by atoms with E-state index in [9.17, 15) is 13.2 Å². The Morgan fingerprint density at radius 1 is 1.35 bits per heavy atom. The molecule has 5 heteroatoms. The van der Waals surface area contributed by atoms with Crippen molar-refractivity contribution in [2.24, 2.45) is 0 Å². The third kappa shape index (κ3) is 3.92. The van der Waals surface area contributed by atoms with Crippen LogP contribution in [-0.2, 0) is 6.42 Å². The number of fused-ring (bicyclic) bond motifs is 1. The molecular weight excluding hydrogens is 269 g/mol. The van der Waals surface area contributed by atoms with Gasteiger partial charge in [0.25, 0.3) is 0 Å². The lowest BCUT2D eigenvalue weighted by molar-refractivity contribution is -0.0800. The molecule has 0 saturated carbocycles. The van der Waals surface area contributed by atoms with Gasteiger partial charge < -0.3 is 9.47 Å². The normalized spacial score (nSPS) is 17.1. The van der Waals surface area contributed by atoms with Crippen LogP contribution < -0.4 is 9.47 Å². The summed E-state index contributed by atoms with van der Waals surface area (Å²) in [5.41, 5.74) is 0.802. The monoisotopic (exact) mass is 286 g/mol. The third-order valence-corrected chi connectivity index (χ3v) is 2.90. The second kappa shape index (κ2) is 5.38. The molecule has 1 aromatic rings. The zero-order valence-corrected chi connectivity index (χ0v) is 11.5. The summed E-state index contributed by atoms with van der Waals surface area (Å²) >= 11 is 0. The molecule has 1 aromatic carbocycles. The number of hydrogen-bond donors (Lipinski definition) is 0. The molecule has 1 aliphatic rings. The van der Waals surface area contributed by atoms with Gasteiger partial charge in [-0.05, 0) is 26.3 Å². The summed E-state index contributed by atoms with van der Waals surface area (Å²) in [4.78, 5) is 0. The highest BCUT2D eigenvalue weighted by molar-refractivity contribution is 5.50. The maximum absolute atomic E-state index is 11.9. The number of rotatable bonds is 4. The Balaban J connectivity index is 1.93. The molecule has 0 bridgehead atoms. The van der Waals surface area contributed by atoms with Gasteiger partial charge in [0.15, 0.2) is 11.5 Å². The van der Waals surface area contributed by atoms with Gasteiger partial charge in [0.1, 0.15) is 5.60 Å². The summed E-state index contributed by atoms with van der Waals surface area (Å²) in [5.74, 6) is 1.30. The van der Waals surface area contributed by atoms with Crippen molar-refractivity contribution < 1.29 is 22.6 Å². The zero-order chi connectivity index (χ0) is 14.8. The fourth-order valence-corrected chi connectivity index (χ4v) is 2.15. The van der Waals surface area contributed by atoms with Crippen LogP contribution >= 0.6 is 0 Å². The lowest BCUT2D eigenvalue weighted by Crippen LogP contribution is -2.24. The van der Waals surface area contributed by atoms with E-state index in [1.165, 1.54) is 0 Å². The molecule has 0 fully saturated rings. The summed E-state index contributed by atoms with van der Waals surface area (Å²) in [5, 5.41) is 0. The quantitative estimate of drug-likeness (QED) is 0.607. The first-order valence-electron chi connectivity index (χ1n) is 6.45. The van der Waals surface area contributed by atoms with Crippen LogP contribution in [0.3, 0.4) is 0 Å². The summed E-state index contributed by atoms with van der Waals surface area (Å²) in [7, 11) is 0. The van der Waals surface area contributed by atoms with Crippen molar-refractivity contribution >= 4 is 0 Å². The molecule has 0 radical (unpaired) electrons. The van der Waals surface area contributed by atoms with Crippen LogP contribution in [0.5, 0.6) is 11.5 Å². The van der Waals surface area contributed by atoms with Gasteiger partial charge in [-0.1, -0.05) is 18.2 Å². The molecule has 2 rings (SSSR count). The van der Waals surface area contributed by atoms with Gasteiger partial charge in [0.2, 0.25) is 0 Å². The molecule has 110 valence electrons. The minimum atomic E-state index is -4.26. The third-order valence-electron chi connectivity index (χ3n) is 2.90. The van der Waals surface area contributed by atoms with E-state index in [0.29, 0.717) is 11.5 Å². The Kier molecular flexibility index (Phi) is 3.97. The Hall–Kier alpha value is -1.65. The number of alkyl halides is 3. The van der Waals surface area contributed by atoms with Crippen LogP contribution in [0.4, 0.5) is 13.2 Å². The minimum Gasteiger partial charge on any atom is -0.489 e. The van der Waals surface area contributed by atoms with E-state index in [2.05, 4.69) is 0 Å². The first-order valence-corrected chi connectivity index (χ1v) is 6.45. The highest BCUT2D eigenvalue weighted by atomic mass is 19.4. The minimum absolute atomic E-state index is 0.187. The van der Waals surface area contributed by atoms with Crippen molar-refractivity contribution in [3.8, 4) is 11.5 Å². The molecule has 1 aliphatic heterocycles. The first kappa shape index (κ1) is 14.8. The molecule has 0 aliphatic carbocycles. The topological polar surface area (TPSA) is 18.5 Å². The van der Waals surface area contributed by atoms with E-state index in [1.54, 1.807) is 6.07 Å². The van der Waals surface area contributed by atoms with E-state index in [1.807, 2.05) is 26.0 Å². The summed E-state index contributed by atoms with van der Waals surface area (Å²) in [6.07, 6.45) is -1.97. The van der Waals surface area contributed by atoms with E-state index in [0.717, 1.165) is 18.1 Å². The second-order valence-electron chi connectivity index (χ2n) is 5.36. The number of ether oxygens (including phenoxy) is 2. The number of halogens is 3. The van der Waals surface area contributed by atoms with E-state index < -0.39 is 6.18 Å². The van der Waals surface area contributed by atoms with Crippen LogP contribution in [0.2, 0.25) is 0 Å². The van der Waals surface area contributed by atoms with Gasteiger partial charge in [-0.15, -0.1) is 0 Å². The molecule has 0 spiro atoms. The molecule has 0 aromatic heterocycles. The van der Waals surface area contributed by atoms with Crippen molar-refractivity contribution in [1.82, 2.24) is 0 Å². The standard InChI is InChI=1S/C15H17F3O2/c1-14(2)10-11-6-5-7-12(13(11)20-14)19-9-4-3-8-15(16,17)18/h3,5-8H,4,9-10H2,1-2H3/b8-3-. The number of allylic oxidation sites excluding steroid dienone is 1. The Morgan fingerprint density at radius 3 is 2.80 bits per heavy atom. The average Bonchev–Trinajstić information content (AvgIpc) is 2.62. The Bertz CT molecular complexity index is 504. The molecule has 0 unspecified atom stereocenters. The number of benzene rings is 1. The molecule has 0 amide bonds. The summed E-state index contributed by atoms with van der Waals surface area (Å²) in [6.45, 7) is 4.17. The maximum Gasteiger partial charge on any atom is 0.409 e. The first-order chi connectivity index (χ1) is 9.27. The molecule has 0 saturated heterocycles. The second-order valence-corrected chi connectivity index (χ2v) is 5.36. The van der Waals surface area contributed by atoms with Crippen LogP contribution in [0.25, 0.3) is 0 Å². The smallest absolute Gasteiger partial charge is 0.409 e. The van der Waals surface area contributed by atoms with Crippen molar-refractivity contribution in [2.45, 2.75) is 38.5 Å². The fraction of sp³-hybridized carbons (Fsp3) is 0.467. The molecular formula is C15H17F3O2. The van der Waals surface area contributed by atoms with Crippen molar-refractivity contribution in [1.29, 1.82) is 0 Å². The molecule has 2 nitrogen and oxygen atoms in total. The van der Waals surface area contributed by atoms with Crippen LogP contribution in [0.1, 0.15) is 25.8 Å². The van der Waals surface area contributed by atoms with E-state index in [-0.39, 0.29) is 24.7 Å². The predicted molar refractivity (Wildman–Crippen MR) is 70.2 cm³/mol. The highest BCUT2D eigenvalue weighted by Crippen LogP contribution is 2.41. The number of hydrogen-bond acceptors (Lipinski definition) is 2. The van der Waals surface area contributed by atoms with Gasteiger partial charge in [-0.25, -0.2) is 0 Å². The Labute approximate surface area is 116 Å². The van der Waals surface area contributed by atoms with Crippen molar-refractivity contribution in [3.05, 3.63) is 35.9 Å². The molecule has 1 heterocycles. The van der Waals surface area contributed by atoms with Crippen molar-refractivity contribution in [3.63, 3.8) is 0 Å². The molecule has 0 atom stereocenters. The van der Waals surface area contributed by atoms with Gasteiger partial charge in [-0.3, -0.25) is 0 Å². The maximum atomic E-state index is 11.9. The highest BCUT2D eigenvalue weighted by Gasteiger charge is 2.32. The summed E-state index contributed by atoms with van der Waals surface area (Å²) < 4.78 is 47.1. The average molecular weight is 286 g/mol. The number of para-hydroxylation sites is 1. The lowest BCUT2D eigenvalue weighted by Gasteiger charge is -2.18. The predicted octanol–water partition coefficient (Wildman–Crippen LogP) is 4.29. The van der Waals surface area contributed by atoms with E-state index in [4.69, 9.17) is 9.47 Å². The van der Waals surface area contributed by atoms with Crippen LogP contribution in [0, 0.1) is 0 Å². The lowest BCUT2D eigenvalue weighted by atomic mass is 10.0.